The van der Waals surface area contributed by atoms with Crippen molar-refractivity contribution in [2.75, 3.05) is 5.32 Å². The van der Waals surface area contributed by atoms with Gasteiger partial charge in [-0.15, -0.1) is 0 Å². The molecule has 3 aromatic rings. The number of hydrogen-bond acceptors (Lipinski definition) is 4. The van der Waals surface area contributed by atoms with E-state index < -0.39 is 11.9 Å². The molecule has 174 valence electrons. The molecule has 2 aliphatic rings. The van der Waals surface area contributed by atoms with Crippen LogP contribution in [0.25, 0.3) is 10.9 Å². The first kappa shape index (κ1) is 22.2. The maximum absolute atomic E-state index is 13.1. The number of carbonyl (C=O) groups excluding carboxylic acids is 4. The van der Waals surface area contributed by atoms with Crippen LogP contribution in [0.15, 0.2) is 30.3 Å². The van der Waals surface area contributed by atoms with Gasteiger partial charge in [0.2, 0.25) is 11.8 Å². The number of halogens is 1. The Morgan fingerprint density at radius 2 is 2.00 bits per heavy atom. The third kappa shape index (κ3) is 3.64. The molecule has 3 N–H and O–H groups in total. The molecule has 8 nitrogen and oxygen atoms in total. The smallest absolute Gasteiger partial charge is 0.272 e. The molecular weight excluding hydrogens is 456 g/mol. The van der Waals surface area contributed by atoms with Crippen molar-refractivity contribution in [1.82, 2.24) is 15.2 Å². The minimum Gasteiger partial charge on any atom is -0.350 e. The summed E-state index contributed by atoms with van der Waals surface area (Å²) in [5.74, 6) is -1.31. The number of carbonyl (C=O) groups is 4. The van der Waals surface area contributed by atoms with Crippen molar-refractivity contribution in [1.29, 1.82) is 0 Å². The van der Waals surface area contributed by atoms with Crippen LogP contribution >= 0.6 is 11.6 Å². The molecule has 0 spiro atoms. The summed E-state index contributed by atoms with van der Waals surface area (Å²) in [7, 11) is 0. The molecule has 0 aliphatic carbocycles. The standard InChI is InChI=1S/C25H23ClN4O4/c1-3-15-17-8-12(2)18(26)10-19(17)28-22(15)24(33)27-14-4-5-16-13(9-14)11-30(25(16)34)20-6-7-21(31)29-23(20)32/h4-5,8-10,20,28H,3,6-7,11H2,1-2H3,(H,27,33)(H,29,31,32). The monoisotopic (exact) mass is 478 g/mol. The summed E-state index contributed by atoms with van der Waals surface area (Å²) in [5.41, 5.74) is 4.90. The number of anilines is 1. The molecule has 1 atom stereocenters. The van der Waals surface area contributed by atoms with E-state index in [2.05, 4.69) is 15.6 Å². The Hall–Kier alpha value is -3.65. The molecule has 1 fully saturated rings. The molecule has 34 heavy (non-hydrogen) atoms. The zero-order chi connectivity index (χ0) is 24.1. The Balaban J connectivity index is 1.39. The summed E-state index contributed by atoms with van der Waals surface area (Å²) >= 11 is 6.26. The number of amides is 4. The van der Waals surface area contributed by atoms with Gasteiger partial charge < -0.3 is 15.2 Å². The number of rotatable bonds is 4. The van der Waals surface area contributed by atoms with E-state index in [1.165, 1.54) is 4.90 Å². The minimum atomic E-state index is -0.676. The number of hydrogen-bond donors (Lipinski definition) is 3. The lowest BCUT2D eigenvalue weighted by atomic mass is 10.0. The highest BCUT2D eigenvalue weighted by Crippen LogP contribution is 2.31. The van der Waals surface area contributed by atoms with E-state index in [0.29, 0.717) is 34.8 Å². The summed E-state index contributed by atoms with van der Waals surface area (Å²) in [6.45, 7) is 4.17. The van der Waals surface area contributed by atoms with Crippen molar-refractivity contribution >= 4 is 51.8 Å². The van der Waals surface area contributed by atoms with Crippen molar-refractivity contribution in [3.63, 3.8) is 0 Å². The summed E-state index contributed by atoms with van der Waals surface area (Å²) in [4.78, 5) is 54.4. The molecule has 1 aromatic heterocycles. The average Bonchev–Trinajstić information content (AvgIpc) is 3.31. The Kier molecular flexibility index (Phi) is 5.40. The van der Waals surface area contributed by atoms with Gasteiger partial charge in [0.05, 0.1) is 0 Å². The summed E-state index contributed by atoms with van der Waals surface area (Å²) in [5, 5.41) is 6.82. The highest BCUT2D eigenvalue weighted by molar-refractivity contribution is 6.32. The predicted molar refractivity (Wildman–Crippen MR) is 128 cm³/mol. The lowest BCUT2D eigenvalue weighted by Gasteiger charge is -2.29. The van der Waals surface area contributed by atoms with Gasteiger partial charge in [-0.1, -0.05) is 18.5 Å². The Morgan fingerprint density at radius 3 is 2.74 bits per heavy atom. The third-order valence-electron chi connectivity index (χ3n) is 6.55. The summed E-state index contributed by atoms with van der Waals surface area (Å²) in [6.07, 6.45) is 1.17. The van der Waals surface area contributed by atoms with Crippen LogP contribution in [0.5, 0.6) is 0 Å². The Bertz CT molecular complexity index is 1390. The van der Waals surface area contributed by atoms with Crippen molar-refractivity contribution in [3.05, 3.63) is 63.3 Å². The maximum Gasteiger partial charge on any atom is 0.272 e. The topological polar surface area (TPSA) is 111 Å². The second kappa shape index (κ2) is 8.29. The molecule has 0 saturated carbocycles. The highest BCUT2D eigenvalue weighted by atomic mass is 35.5. The van der Waals surface area contributed by atoms with Crippen LogP contribution in [0.4, 0.5) is 5.69 Å². The van der Waals surface area contributed by atoms with Crippen molar-refractivity contribution in [3.8, 4) is 0 Å². The van der Waals surface area contributed by atoms with Crippen molar-refractivity contribution in [2.45, 2.75) is 45.7 Å². The first-order chi connectivity index (χ1) is 16.3. The Labute approximate surface area is 200 Å². The van der Waals surface area contributed by atoms with Crippen LogP contribution in [-0.2, 0) is 22.6 Å². The van der Waals surface area contributed by atoms with Crippen LogP contribution in [0.2, 0.25) is 5.02 Å². The van der Waals surface area contributed by atoms with Crippen LogP contribution < -0.4 is 10.6 Å². The van der Waals surface area contributed by atoms with Gasteiger partial charge >= 0.3 is 0 Å². The van der Waals surface area contributed by atoms with E-state index >= 15 is 0 Å². The minimum absolute atomic E-state index is 0.201. The van der Waals surface area contributed by atoms with Gasteiger partial charge in [-0.05, 0) is 66.8 Å². The molecule has 5 rings (SSSR count). The van der Waals surface area contributed by atoms with Crippen molar-refractivity contribution in [2.24, 2.45) is 0 Å². The van der Waals surface area contributed by atoms with E-state index in [1.54, 1.807) is 18.2 Å². The quantitative estimate of drug-likeness (QED) is 0.496. The molecular formula is C25H23ClN4O4. The SMILES string of the molecule is CCc1c(C(=O)Nc2ccc3c(c2)CN(C2CCC(=O)NC2=O)C3=O)[nH]c2cc(Cl)c(C)cc12. The Morgan fingerprint density at radius 1 is 1.21 bits per heavy atom. The molecule has 1 unspecified atom stereocenters. The number of imide groups is 1. The fourth-order valence-electron chi connectivity index (χ4n) is 4.79. The number of aromatic amines is 1. The van der Waals surface area contributed by atoms with Crippen LogP contribution in [-0.4, -0.2) is 39.6 Å². The van der Waals surface area contributed by atoms with E-state index in [-0.39, 0.29) is 30.7 Å². The van der Waals surface area contributed by atoms with E-state index in [1.807, 2.05) is 26.0 Å². The van der Waals surface area contributed by atoms with Crippen molar-refractivity contribution < 1.29 is 19.2 Å². The fraction of sp³-hybridized carbons (Fsp3) is 0.280. The van der Waals surface area contributed by atoms with Gasteiger partial charge in [0.1, 0.15) is 11.7 Å². The second-order valence-corrected chi connectivity index (χ2v) is 9.11. The fourth-order valence-corrected chi connectivity index (χ4v) is 4.95. The zero-order valence-electron chi connectivity index (χ0n) is 18.8. The van der Waals surface area contributed by atoms with E-state index in [0.717, 1.165) is 27.6 Å². The number of fused-ring (bicyclic) bond motifs is 2. The molecule has 3 heterocycles. The third-order valence-corrected chi connectivity index (χ3v) is 6.95. The van der Waals surface area contributed by atoms with E-state index in [4.69, 9.17) is 11.6 Å². The lowest BCUT2D eigenvalue weighted by molar-refractivity contribution is -0.136. The van der Waals surface area contributed by atoms with Gasteiger partial charge in [-0.2, -0.15) is 0 Å². The highest BCUT2D eigenvalue weighted by Gasteiger charge is 2.39. The number of nitrogens with one attached hydrogen (secondary N) is 3. The van der Waals surface area contributed by atoms with Gasteiger partial charge in [0.25, 0.3) is 11.8 Å². The number of benzene rings is 2. The number of aromatic nitrogens is 1. The molecule has 2 aromatic carbocycles. The molecule has 1 saturated heterocycles. The second-order valence-electron chi connectivity index (χ2n) is 8.71. The summed E-state index contributed by atoms with van der Waals surface area (Å²) in [6, 6.07) is 8.23. The predicted octanol–water partition coefficient (Wildman–Crippen LogP) is 3.71. The number of nitrogens with zero attached hydrogens (tertiary/aromatic N) is 1. The molecule has 4 amide bonds. The van der Waals surface area contributed by atoms with Gasteiger partial charge in [-0.25, -0.2) is 0 Å². The van der Waals surface area contributed by atoms with Crippen LogP contribution in [0.3, 0.4) is 0 Å². The largest absolute Gasteiger partial charge is 0.350 e. The van der Waals surface area contributed by atoms with E-state index in [9.17, 15) is 19.2 Å². The normalized spacial score (nSPS) is 17.8. The lowest BCUT2D eigenvalue weighted by Crippen LogP contribution is -2.52. The van der Waals surface area contributed by atoms with Crippen LogP contribution in [0.1, 0.15) is 57.3 Å². The zero-order valence-corrected chi connectivity index (χ0v) is 19.5. The first-order valence-corrected chi connectivity index (χ1v) is 11.5. The molecule has 2 aliphatic heterocycles. The maximum atomic E-state index is 13.1. The van der Waals surface area contributed by atoms with Crippen LogP contribution in [0, 0.1) is 6.92 Å². The molecule has 0 bridgehead atoms. The van der Waals surface area contributed by atoms with Gasteiger partial charge in [0.15, 0.2) is 0 Å². The summed E-state index contributed by atoms with van der Waals surface area (Å²) < 4.78 is 0. The van der Waals surface area contributed by atoms with Gasteiger partial charge in [-0.3, -0.25) is 24.5 Å². The average molecular weight is 479 g/mol. The van der Waals surface area contributed by atoms with Gasteiger partial charge in [0, 0.05) is 40.1 Å². The number of piperidine rings is 1. The molecule has 0 radical (unpaired) electrons. The first-order valence-electron chi connectivity index (χ1n) is 11.2. The number of H-pyrrole nitrogens is 1. The molecule has 9 heteroatoms. The number of aryl methyl sites for hydroxylation is 2.